The molecule has 278 valence electrons. The molecule has 1 unspecified atom stereocenters. The molecular weight excluding hydrogens is 711 g/mol. The summed E-state index contributed by atoms with van der Waals surface area (Å²) in [4.78, 5) is 2.72. The van der Waals surface area contributed by atoms with Gasteiger partial charge in [-0.15, -0.1) is 0 Å². The van der Waals surface area contributed by atoms with E-state index < -0.39 is 5.41 Å². The number of fused-ring (bicyclic) bond motifs is 18. The molecule has 0 radical (unpaired) electrons. The average Bonchev–Trinajstić information content (AvgIpc) is 3.85. The van der Waals surface area contributed by atoms with E-state index in [0.29, 0.717) is 0 Å². The van der Waals surface area contributed by atoms with E-state index >= 15 is 0 Å². The zero-order valence-corrected chi connectivity index (χ0v) is 33.2. The summed E-state index contributed by atoms with van der Waals surface area (Å²) in [6, 6.07) is 69.0. The van der Waals surface area contributed by atoms with Crippen molar-refractivity contribution in [2.75, 3.05) is 4.90 Å². The molecule has 9 aromatic carbocycles. The summed E-state index contributed by atoms with van der Waals surface area (Å²) in [6.45, 7) is 4.80. The molecule has 4 aliphatic rings. The van der Waals surface area contributed by atoms with E-state index in [9.17, 15) is 0 Å². The van der Waals surface area contributed by atoms with Gasteiger partial charge in [-0.2, -0.15) is 0 Å². The lowest BCUT2D eigenvalue weighted by atomic mass is 9.70. The maximum absolute atomic E-state index is 2.72. The fourth-order valence-corrected chi connectivity index (χ4v) is 12.0. The van der Waals surface area contributed by atoms with Crippen molar-refractivity contribution < 1.29 is 0 Å². The molecule has 0 amide bonds. The first-order valence-corrected chi connectivity index (χ1v) is 21.1. The predicted molar refractivity (Wildman–Crippen MR) is 248 cm³/mol. The second kappa shape index (κ2) is 11.8. The third-order valence-corrected chi connectivity index (χ3v) is 14.4. The molecule has 13 rings (SSSR count). The van der Waals surface area contributed by atoms with Crippen molar-refractivity contribution in [1.29, 1.82) is 0 Å². The van der Waals surface area contributed by atoms with Crippen molar-refractivity contribution in [2.24, 2.45) is 0 Å². The first-order chi connectivity index (χ1) is 29.0. The molecule has 0 saturated carbocycles. The SMILES string of the molecule is CC1(C)C2=C(CC(N(c3ccc4c5ccccc5c5ccccc5c4c3)c3cccc4c3C3(c5ccccc5-c5ccccc53)c3ccccc3-4)C=C2)c2ccccc21. The molecule has 59 heavy (non-hydrogen) atoms. The number of rotatable bonds is 3. The lowest BCUT2D eigenvalue weighted by Gasteiger charge is -2.40. The fourth-order valence-electron chi connectivity index (χ4n) is 12.0. The van der Waals surface area contributed by atoms with Crippen LogP contribution in [-0.2, 0) is 10.8 Å². The van der Waals surface area contributed by atoms with Crippen LogP contribution in [-0.4, -0.2) is 6.04 Å². The Morgan fingerprint density at radius 1 is 0.441 bits per heavy atom. The predicted octanol–water partition coefficient (Wildman–Crippen LogP) is 14.7. The van der Waals surface area contributed by atoms with Crippen LogP contribution in [0.5, 0.6) is 0 Å². The molecule has 0 bridgehead atoms. The van der Waals surface area contributed by atoms with E-state index in [1.54, 1.807) is 0 Å². The van der Waals surface area contributed by atoms with Crippen LogP contribution in [0.3, 0.4) is 0 Å². The van der Waals surface area contributed by atoms with Crippen LogP contribution in [0.1, 0.15) is 53.6 Å². The molecule has 1 nitrogen and oxygen atoms in total. The molecule has 0 fully saturated rings. The van der Waals surface area contributed by atoms with E-state index in [0.717, 1.165) is 6.42 Å². The van der Waals surface area contributed by atoms with Crippen molar-refractivity contribution >= 4 is 49.3 Å². The van der Waals surface area contributed by atoms with Crippen LogP contribution in [0, 0.1) is 0 Å². The number of hydrogen-bond donors (Lipinski definition) is 0. The number of nitrogens with zero attached hydrogens (tertiary/aromatic N) is 1. The van der Waals surface area contributed by atoms with Crippen molar-refractivity contribution in [2.45, 2.75) is 37.1 Å². The van der Waals surface area contributed by atoms with Gasteiger partial charge in [0.15, 0.2) is 0 Å². The van der Waals surface area contributed by atoms with Crippen LogP contribution in [0.15, 0.2) is 200 Å². The van der Waals surface area contributed by atoms with Gasteiger partial charge in [-0.3, -0.25) is 0 Å². The van der Waals surface area contributed by atoms with Gasteiger partial charge in [-0.25, -0.2) is 0 Å². The van der Waals surface area contributed by atoms with Crippen molar-refractivity contribution in [3.05, 3.63) is 233 Å². The van der Waals surface area contributed by atoms with Gasteiger partial charge in [0.1, 0.15) is 0 Å². The Labute approximate surface area is 345 Å². The molecule has 9 aromatic rings. The van der Waals surface area contributed by atoms with Gasteiger partial charge in [0.25, 0.3) is 0 Å². The van der Waals surface area contributed by atoms with Crippen molar-refractivity contribution in [1.82, 2.24) is 0 Å². The van der Waals surface area contributed by atoms with Gasteiger partial charge in [-0.1, -0.05) is 190 Å². The Morgan fingerprint density at radius 2 is 0.915 bits per heavy atom. The number of anilines is 2. The second-order valence-corrected chi connectivity index (χ2v) is 17.5. The maximum atomic E-state index is 2.72. The minimum Gasteiger partial charge on any atom is -0.334 e. The van der Waals surface area contributed by atoms with Crippen molar-refractivity contribution in [3.63, 3.8) is 0 Å². The minimum absolute atomic E-state index is 0.0435. The molecule has 0 heterocycles. The van der Waals surface area contributed by atoms with Crippen LogP contribution in [0.4, 0.5) is 11.4 Å². The number of allylic oxidation sites excluding steroid dienone is 2. The smallest absolute Gasteiger partial charge is 0.0746 e. The summed E-state index contributed by atoms with van der Waals surface area (Å²) in [5.41, 5.74) is 18.5. The Kier molecular flexibility index (Phi) is 6.62. The number of benzene rings is 9. The van der Waals surface area contributed by atoms with Crippen LogP contribution in [0.2, 0.25) is 0 Å². The van der Waals surface area contributed by atoms with Gasteiger partial charge in [-0.05, 0) is 118 Å². The average molecular weight is 752 g/mol. The molecule has 4 aliphatic carbocycles. The van der Waals surface area contributed by atoms with Gasteiger partial charge in [0.05, 0.1) is 11.5 Å². The van der Waals surface area contributed by atoms with E-state index in [1.165, 1.54) is 110 Å². The standard InChI is InChI=1S/C58H41N/c1-57(2)50-25-11-7-23-46(50)49-35-37(31-33-51(49)57)59(36-30-32-42-40-18-4-3-16-38(40)39-17-5-6-19-41(39)48(42)34-36)55-29-15-24-47-45-22-10-14-28-54(45)58(56(47)55)52-26-12-8-20-43(52)44-21-9-13-27-53(44)58/h3-34,37H,35H2,1-2H3. The second-order valence-electron chi connectivity index (χ2n) is 17.5. The van der Waals surface area contributed by atoms with Gasteiger partial charge in [0, 0.05) is 22.4 Å². The molecule has 0 N–H and O–H groups in total. The zero-order valence-electron chi connectivity index (χ0n) is 33.2. The summed E-state index contributed by atoms with van der Waals surface area (Å²) in [5.74, 6) is 0. The monoisotopic (exact) mass is 751 g/mol. The lowest BCUT2D eigenvalue weighted by Crippen LogP contribution is -2.35. The van der Waals surface area contributed by atoms with Crippen molar-refractivity contribution in [3.8, 4) is 22.3 Å². The number of hydrogen-bond acceptors (Lipinski definition) is 1. The van der Waals surface area contributed by atoms with Crippen LogP contribution >= 0.6 is 0 Å². The zero-order chi connectivity index (χ0) is 39.0. The molecule has 1 heteroatoms. The summed E-state index contributed by atoms with van der Waals surface area (Å²) >= 11 is 0. The largest absolute Gasteiger partial charge is 0.334 e. The molecule has 1 atom stereocenters. The molecular formula is C58H41N. The van der Waals surface area contributed by atoms with Gasteiger partial charge in [0.2, 0.25) is 0 Å². The molecule has 0 saturated heterocycles. The quantitative estimate of drug-likeness (QED) is 0.163. The highest BCUT2D eigenvalue weighted by Gasteiger charge is 2.53. The molecule has 0 aliphatic heterocycles. The summed E-state index contributed by atoms with van der Waals surface area (Å²) < 4.78 is 0. The van der Waals surface area contributed by atoms with E-state index in [2.05, 4.69) is 213 Å². The molecule has 1 spiro atoms. The summed E-state index contributed by atoms with van der Waals surface area (Å²) in [6.07, 6.45) is 5.90. The highest BCUT2D eigenvalue weighted by atomic mass is 15.2. The first-order valence-electron chi connectivity index (χ1n) is 21.1. The normalized spacial score (nSPS) is 17.2. The van der Waals surface area contributed by atoms with E-state index in [-0.39, 0.29) is 11.5 Å². The Hall–Kier alpha value is -6.96. The Morgan fingerprint density at radius 3 is 1.53 bits per heavy atom. The third kappa shape index (κ3) is 4.20. The Balaban J connectivity index is 1.12. The van der Waals surface area contributed by atoms with Gasteiger partial charge >= 0.3 is 0 Å². The summed E-state index contributed by atoms with van der Waals surface area (Å²) in [5, 5.41) is 7.77. The Bertz CT molecular complexity index is 3260. The highest BCUT2D eigenvalue weighted by Crippen LogP contribution is 2.65. The highest BCUT2D eigenvalue weighted by molar-refractivity contribution is 6.25. The van der Waals surface area contributed by atoms with Crippen LogP contribution < -0.4 is 4.90 Å². The van der Waals surface area contributed by atoms with Crippen LogP contribution in [0.25, 0.3) is 60.1 Å². The van der Waals surface area contributed by atoms with E-state index in [4.69, 9.17) is 0 Å². The van der Waals surface area contributed by atoms with Gasteiger partial charge < -0.3 is 4.90 Å². The summed E-state index contributed by atoms with van der Waals surface area (Å²) in [7, 11) is 0. The topological polar surface area (TPSA) is 3.24 Å². The lowest BCUT2D eigenvalue weighted by molar-refractivity contribution is 0.647. The molecule has 0 aromatic heterocycles. The fraction of sp³-hybridized carbons (Fsp3) is 0.103. The third-order valence-electron chi connectivity index (χ3n) is 14.4. The minimum atomic E-state index is -0.474. The maximum Gasteiger partial charge on any atom is 0.0746 e. The van der Waals surface area contributed by atoms with E-state index in [1.807, 2.05) is 0 Å². The first kappa shape index (κ1) is 33.1.